The molecule has 0 aliphatic heterocycles. The van der Waals surface area contributed by atoms with Crippen molar-refractivity contribution in [1.82, 2.24) is 0 Å². The smallest absolute Gasteiger partial charge is 0.309 e. The van der Waals surface area contributed by atoms with Crippen LogP contribution in [0.2, 0.25) is 0 Å². The van der Waals surface area contributed by atoms with Crippen LogP contribution < -0.4 is 11.5 Å². The minimum absolute atomic E-state index is 0. The van der Waals surface area contributed by atoms with Crippen LogP contribution in [0.15, 0.2) is 0 Å². The second kappa shape index (κ2) is 20.9. The fourth-order valence-electron chi connectivity index (χ4n) is 3.39. The van der Waals surface area contributed by atoms with Gasteiger partial charge in [-0.2, -0.15) is 0 Å². The third-order valence-corrected chi connectivity index (χ3v) is 6.34. The molecule has 1 rings (SSSR count). The van der Waals surface area contributed by atoms with Crippen LogP contribution in [-0.4, -0.2) is 34.2 Å². The van der Waals surface area contributed by atoms with Crippen LogP contribution in [0.1, 0.15) is 131 Å². The van der Waals surface area contributed by atoms with Gasteiger partial charge in [-0.05, 0) is 53.4 Å². The Morgan fingerprint density at radius 2 is 1.00 bits per heavy atom. The second-order valence-electron chi connectivity index (χ2n) is 10.6. The molecule has 0 aromatic heterocycles. The molecule has 0 spiro atoms. The summed E-state index contributed by atoms with van der Waals surface area (Å²) in [7, 11) is 0. The minimum atomic E-state index is -0.681. The Bertz CT molecular complexity index is 455. The van der Waals surface area contributed by atoms with Gasteiger partial charge in [0.15, 0.2) is 0 Å². The summed E-state index contributed by atoms with van der Waals surface area (Å²) in [5.41, 5.74) is 10.2. The summed E-state index contributed by atoms with van der Waals surface area (Å²) in [5, 5.41) is 17.6. The molecule has 6 nitrogen and oxygen atoms in total. The van der Waals surface area contributed by atoms with Gasteiger partial charge < -0.3 is 21.7 Å². The molecule has 0 unspecified atom stereocenters. The molecular formula is C26H54N2O4Pt. The van der Waals surface area contributed by atoms with Crippen molar-refractivity contribution in [3.05, 3.63) is 0 Å². The zero-order valence-corrected chi connectivity index (χ0v) is 24.5. The summed E-state index contributed by atoms with van der Waals surface area (Å²) in [4.78, 5) is 21.4. The fourth-order valence-corrected chi connectivity index (χ4v) is 3.39. The molecule has 33 heavy (non-hydrogen) atoms. The van der Waals surface area contributed by atoms with E-state index < -0.39 is 22.8 Å². The average Bonchev–Trinajstić information content (AvgIpc) is 2.71. The Morgan fingerprint density at radius 3 is 1.21 bits per heavy atom. The van der Waals surface area contributed by atoms with Crippen LogP contribution in [0, 0.1) is 10.8 Å². The number of carboxylic acids is 2. The first-order chi connectivity index (χ1) is 14.8. The largest absolute Gasteiger partial charge is 0.481 e. The number of unbranched alkanes of at least 4 members (excludes halogenated alkanes) is 6. The van der Waals surface area contributed by atoms with Crippen LogP contribution in [0.25, 0.3) is 0 Å². The molecule has 1 fully saturated rings. The van der Waals surface area contributed by atoms with Gasteiger partial charge in [0, 0.05) is 33.1 Å². The summed E-state index contributed by atoms with van der Waals surface area (Å²) in [6.45, 7) is 11.5. The Labute approximate surface area is 218 Å². The van der Waals surface area contributed by atoms with Crippen molar-refractivity contribution in [3.63, 3.8) is 0 Å². The van der Waals surface area contributed by atoms with Gasteiger partial charge in [0.05, 0.1) is 10.8 Å². The van der Waals surface area contributed by atoms with E-state index in [4.69, 9.17) is 21.7 Å². The maximum Gasteiger partial charge on any atom is 0.309 e. The molecule has 0 heterocycles. The molecule has 1 aliphatic rings. The zero-order valence-electron chi connectivity index (χ0n) is 22.2. The van der Waals surface area contributed by atoms with Crippen molar-refractivity contribution >= 4 is 11.9 Å². The summed E-state index contributed by atoms with van der Waals surface area (Å²) in [5.74, 6) is -1.36. The van der Waals surface area contributed by atoms with Crippen molar-refractivity contribution in [3.8, 4) is 0 Å². The van der Waals surface area contributed by atoms with Gasteiger partial charge in [0.2, 0.25) is 0 Å². The Hall–Kier alpha value is -0.452. The average molecular weight is 654 g/mol. The molecule has 0 amide bonds. The summed E-state index contributed by atoms with van der Waals surface area (Å²) in [6, 6.07) is 0.562. The van der Waals surface area contributed by atoms with E-state index in [2.05, 4.69) is 13.8 Å². The molecule has 0 saturated heterocycles. The number of hydrogen-bond donors (Lipinski definition) is 4. The van der Waals surface area contributed by atoms with Gasteiger partial charge in [0.1, 0.15) is 0 Å². The van der Waals surface area contributed by atoms with Crippen LogP contribution >= 0.6 is 0 Å². The van der Waals surface area contributed by atoms with Gasteiger partial charge in [-0.15, -0.1) is 0 Å². The van der Waals surface area contributed by atoms with Crippen LogP contribution in [-0.2, 0) is 30.7 Å². The molecule has 1 aliphatic carbocycles. The Balaban J connectivity index is -0.000000410. The molecule has 6 N–H and O–H groups in total. The van der Waals surface area contributed by atoms with E-state index in [9.17, 15) is 9.59 Å². The van der Waals surface area contributed by atoms with Crippen molar-refractivity contribution in [2.75, 3.05) is 0 Å². The summed E-state index contributed by atoms with van der Waals surface area (Å²) in [6.07, 6.45) is 15.6. The number of rotatable bonds is 12. The summed E-state index contributed by atoms with van der Waals surface area (Å²) < 4.78 is 0. The monoisotopic (exact) mass is 653 g/mol. The predicted octanol–water partition coefficient (Wildman–Crippen LogP) is 6.35. The minimum Gasteiger partial charge on any atom is -0.481 e. The third-order valence-electron chi connectivity index (χ3n) is 6.34. The third kappa shape index (κ3) is 20.6. The first-order valence-electron chi connectivity index (χ1n) is 12.8. The molecule has 1 saturated carbocycles. The molecule has 7 heteroatoms. The van der Waals surface area contributed by atoms with E-state index in [1.807, 2.05) is 0 Å². The number of carbonyl (C=O) groups is 2. The standard InChI is InChI=1S/2C10H20O2.C6H14N2.Pt/c2*1-4-5-6-7-8-10(2,3)9(11)12;7-5-3-1-2-4-6(5)8;/h2*4-8H2,1-3H3,(H,11,12);5-6H,1-4,7-8H2;/t;;5-,6-;/m..1./s1. The molecule has 0 aromatic rings. The first-order valence-corrected chi connectivity index (χ1v) is 12.8. The van der Waals surface area contributed by atoms with Crippen LogP contribution in [0.5, 0.6) is 0 Å². The molecular weight excluding hydrogens is 599 g/mol. The van der Waals surface area contributed by atoms with Gasteiger partial charge >= 0.3 is 11.9 Å². The Kier molecular flexibility index (Phi) is 23.5. The first kappa shape index (κ1) is 37.1. The van der Waals surface area contributed by atoms with E-state index in [0.29, 0.717) is 0 Å². The van der Waals surface area contributed by atoms with E-state index in [1.54, 1.807) is 27.7 Å². The molecule has 0 bridgehead atoms. The normalized spacial score (nSPS) is 18.1. The SMILES string of the molecule is CCCCCCC(C)(C)C(=O)O.CCCCCCC(C)(C)C(=O)O.N[C@@H]1CCCC[C@H]1N.[Pt]. The zero-order chi connectivity index (χ0) is 25.2. The summed E-state index contributed by atoms with van der Waals surface area (Å²) >= 11 is 0. The molecule has 0 aromatic carbocycles. The van der Waals surface area contributed by atoms with Crippen LogP contribution in [0.4, 0.5) is 0 Å². The van der Waals surface area contributed by atoms with Gasteiger partial charge in [-0.3, -0.25) is 9.59 Å². The van der Waals surface area contributed by atoms with E-state index in [-0.39, 0.29) is 33.1 Å². The van der Waals surface area contributed by atoms with E-state index >= 15 is 0 Å². The topological polar surface area (TPSA) is 127 Å². The van der Waals surface area contributed by atoms with Crippen molar-refractivity contribution in [2.45, 2.75) is 144 Å². The maximum atomic E-state index is 10.7. The second-order valence-corrected chi connectivity index (χ2v) is 10.6. The molecule has 202 valence electrons. The number of hydrogen-bond acceptors (Lipinski definition) is 4. The maximum absolute atomic E-state index is 10.7. The number of aliphatic carboxylic acids is 2. The van der Waals surface area contributed by atoms with Gasteiger partial charge in [-0.1, -0.05) is 78.1 Å². The quantitative estimate of drug-likeness (QED) is 0.182. The van der Waals surface area contributed by atoms with E-state index in [0.717, 1.165) is 51.4 Å². The van der Waals surface area contributed by atoms with E-state index in [1.165, 1.54) is 38.5 Å². The van der Waals surface area contributed by atoms with Crippen molar-refractivity contribution in [1.29, 1.82) is 0 Å². The van der Waals surface area contributed by atoms with Crippen LogP contribution in [0.3, 0.4) is 0 Å². The number of nitrogens with two attached hydrogens (primary N) is 2. The van der Waals surface area contributed by atoms with Crippen molar-refractivity contribution in [2.24, 2.45) is 22.3 Å². The fraction of sp³-hybridized carbons (Fsp3) is 0.923. The molecule has 2 atom stereocenters. The molecule has 0 radical (unpaired) electrons. The predicted molar refractivity (Wildman–Crippen MR) is 135 cm³/mol. The van der Waals surface area contributed by atoms with Gasteiger partial charge in [-0.25, -0.2) is 0 Å². The van der Waals surface area contributed by atoms with Crippen molar-refractivity contribution < 1.29 is 40.9 Å². The number of carboxylic acid groups (broad SMARTS) is 2. The van der Waals surface area contributed by atoms with Gasteiger partial charge in [0.25, 0.3) is 0 Å². The Morgan fingerprint density at radius 1 is 0.697 bits per heavy atom.